The van der Waals surface area contributed by atoms with Crippen molar-refractivity contribution in [2.45, 2.75) is 13.8 Å². The van der Waals surface area contributed by atoms with E-state index in [0.29, 0.717) is 11.5 Å². The van der Waals surface area contributed by atoms with E-state index in [9.17, 15) is 4.79 Å². The van der Waals surface area contributed by atoms with E-state index >= 15 is 0 Å². The quantitative estimate of drug-likeness (QED) is 0.739. The Kier molecular flexibility index (Phi) is 3.42. The fraction of sp³-hybridized carbons (Fsp3) is 0.125. The molecule has 22 heavy (non-hydrogen) atoms. The number of benzene rings is 1. The van der Waals surface area contributed by atoms with Gasteiger partial charge in [-0.15, -0.1) is 10.2 Å². The highest BCUT2D eigenvalue weighted by molar-refractivity contribution is 5.87. The van der Waals surface area contributed by atoms with Gasteiger partial charge in [-0.2, -0.15) is 0 Å². The Morgan fingerprint density at radius 1 is 1.14 bits per heavy atom. The van der Waals surface area contributed by atoms with Gasteiger partial charge in [0.15, 0.2) is 5.82 Å². The number of rotatable bonds is 3. The molecule has 2 heterocycles. The number of hydrogen-bond donors (Lipinski definition) is 1. The summed E-state index contributed by atoms with van der Waals surface area (Å²) in [5, 5.41) is 17.3. The highest BCUT2D eigenvalue weighted by atomic mass is 16.4. The minimum Gasteiger partial charge on any atom is -0.478 e. The molecule has 0 fully saturated rings. The second-order valence-corrected chi connectivity index (χ2v) is 5.01. The number of nitrogens with zero attached hydrogens (tertiary/aromatic N) is 4. The monoisotopic (exact) mass is 294 g/mol. The minimum atomic E-state index is -0.962. The first-order chi connectivity index (χ1) is 10.5. The number of carboxylic acid groups (broad SMARTS) is 1. The number of fused-ring (bicyclic) bond motifs is 1. The van der Waals surface area contributed by atoms with E-state index in [0.717, 1.165) is 16.9 Å². The van der Waals surface area contributed by atoms with Crippen molar-refractivity contribution in [3.05, 3.63) is 59.4 Å². The molecule has 110 valence electrons. The Morgan fingerprint density at radius 3 is 2.55 bits per heavy atom. The molecule has 3 rings (SSSR count). The maximum absolute atomic E-state index is 10.8. The van der Waals surface area contributed by atoms with Crippen molar-refractivity contribution >= 4 is 23.1 Å². The molecular formula is C16H14N4O2. The Balaban J connectivity index is 1.95. The molecule has 0 radical (unpaired) electrons. The Bertz CT molecular complexity index is 879. The van der Waals surface area contributed by atoms with E-state index in [1.54, 1.807) is 12.1 Å². The Morgan fingerprint density at radius 2 is 1.86 bits per heavy atom. The summed E-state index contributed by atoms with van der Waals surface area (Å²) < 4.78 is 1.87. The van der Waals surface area contributed by atoms with Crippen LogP contribution < -0.4 is 0 Å². The topological polar surface area (TPSA) is 79.3 Å². The average Bonchev–Trinajstić information content (AvgIpc) is 2.80. The Labute approximate surface area is 126 Å². The van der Waals surface area contributed by atoms with Gasteiger partial charge in [-0.25, -0.2) is 9.78 Å². The van der Waals surface area contributed by atoms with Crippen molar-refractivity contribution < 1.29 is 9.90 Å². The second-order valence-electron chi connectivity index (χ2n) is 5.01. The third kappa shape index (κ3) is 2.58. The second kappa shape index (κ2) is 5.40. The van der Waals surface area contributed by atoms with Crippen molar-refractivity contribution in [3.63, 3.8) is 0 Å². The summed E-state index contributed by atoms with van der Waals surface area (Å²) in [6.07, 6.45) is 1.91. The molecule has 0 aliphatic rings. The predicted octanol–water partition coefficient (Wildman–Crippen LogP) is 4.06. The molecule has 0 saturated carbocycles. The molecule has 6 nitrogen and oxygen atoms in total. The van der Waals surface area contributed by atoms with Crippen molar-refractivity contribution in [1.82, 2.24) is 9.38 Å². The SMILES string of the molecule is Cc1ccn2c(N=Nc3ccc(C(=O)O)cc3)c(C)nc2c1. The fourth-order valence-electron chi connectivity index (χ4n) is 2.15. The largest absolute Gasteiger partial charge is 0.478 e. The van der Waals surface area contributed by atoms with Gasteiger partial charge in [-0.1, -0.05) is 0 Å². The van der Waals surface area contributed by atoms with E-state index in [2.05, 4.69) is 15.2 Å². The standard InChI is InChI=1S/C16H14N4O2/c1-10-7-8-20-14(9-10)17-11(2)15(20)19-18-13-5-3-12(4-6-13)16(21)22/h3-9H,1-2H3,(H,21,22). The number of carbonyl (C=O) groups is 1. The van der Waals surface area contributed by atoms with Gasteiger partial charge >= 0.3 is 5.97 Å². The molecule has 3 aromatic rings. The molecule has 0 saturated heterocycles. The van der Waals surface area contributed by atoms with Gasteiger partial charge in [0.05, 0.1) is 16.9 Å². The highest BCUT2D eigenvalue weighted by Gasteiger charge is 2.08. The molecule has 0 atom stereocenters. The number of aromatic nitrogens is 2. The van der Waals surface area contributed by atoms with E-state index < -0.39 is 5.97 Å². The zero-order valence-corrected chi connectivity index (χ0v) is 12.2. The van der Waals surface area contributed by atoms with Gasteiger partial charge in [0, 0.05) is 6.20 Å². The summed E-state index contributed by atoms with van der Waals surface area (Å²) in [7, 11) is 0. The van der Waals surface area contributed by atoms with Crippen LogP contribution in [0.1, 0.15) is 21.6 Å². The third-order valence-electron chi connectivity index (χ3n) is 3.30. The van der Waals surface area contributed by atoms with Gasteiger partial charge in [0.2, 0.25) is 0 Å². The minimum absolute atomic E-state index is 0.223. The molecular weight excluding hydrogens is 280 g/mol. The van der Waals surface area contributed by atoms with E-state index in [4.69, 9.17) is 5.11 Å². The summed E-state index contributed by atoms with van der Waals surface area (Å²) in [4.78, 5) is 15.3. The van der Waals surface area contributed by atoms with Crippen LogP contribution in [0.25, 0.3) is 5.65 Å². The van der Waals surface area contributed by atoms with E-state index in [1.165, 1.54) is 12.1 Å². The number of imidazole rings is 1. The molecule has 1 N–H and O–H groups in total. The van der Waals surface area contributed by atoms with E-state index in [-0.39, 0.29) is 5.56 Å². The number of aryl methyl sites for hydroxylation is 2. The summed E-state index contributed by atoms with van der Waals surface area (Å²) in [6, 6.07) is 10.2. The lowest BCUT2D eigenvalue weighted by atomic mass is 10.2. The van der Waals surface area contributed by atoms with Gasteiger partial charge < -0.3 is 5.11 Å². The van der Waals surface area contributed by atoms with Crippen LogP contribution in [0.2, 0.25) is 0 Å². The van der Waals surface area contributed by atoms with Crippen LogP contribution in [0.3, 0.4) is 0 Å². The number of azo groups is 1. The van der Waals surface area contributed by atoms with E-state index in [1.807, 2.05) is 36.6 Å². The molecule has 2 aromatic heterocycles. The van der Waals surface area contributed by atoms with Gasteiger partial charge in [-0.05, 0) is 55.8 Å². The summed E-state index contributed by atoms with van der Waals surface area (Å²) >= 11 is 0. The average molecular weight is 294 g/mol. The van der Waals surface area contributed by atoms with Crippen LogP contribution in [0, 0.1) is 13.8 Å². The van der Waals surface area contributed by atoms with Gasteiger partial charge in [0.1, 0.15) is 5.65 Å². The zero-order valence-electron chi connectivity index (χ0n) is 12.2. The molecule has 0 aliphatic heterocycles. The first-order valence-electron chi connectivity index (χ1n) is 6.75. The van der Waals surface area contributed by atoms with Gasteiger partial charge in [-0.3, -0.25) is 4.40 Å². The van der Waals surface area contributed by atoms with Crippen LogP contribution in [0.4, 0.5) is 11.5 Å². The summed E-state index contributed by atoms with van der Waals surface area (Å²) in [5.74, 6) is -0.297. The maximum Gasteiger partial charge on any atom is 0.335 e. The first kappa shape index (κ1) is 13.9. The summed E-state index contributed by atoms with van der Waals surface area (Å²) in [5.41, 5.74) is 3.56. The maximum atomic E-state index is 10.8. The molecule has 0 aliphatic carbocycles. The van der Waals surface area contributed by atoms with Crippen LogP contribution in [0.5, 0.6) is 0 Å². The molecule has 0 bridgehead atoms. The van der Waals surface area contributed by atoms with Crippen LogP contribution in [-0.4, -0.2) is 20.5 Å². The first-order valence-corrected chi connectivity index (χ1v) is 6.75. The van der Waals surface area contributed by atoms with Crippen molar-refractivity contribution in [3.8, 4) is 0 Å². The fourth-order valence-corrected chi connectivity index (χ4v) is 2.15. The highest BCUT2D eigenvalue weighted by Crippen LogP contribution is 2.24. The van der Waals surface area contributed by atoms with Crippen molar-refractivity contribution in [1.29, 1.82) is 0 Å². The van der Waals surface area contributed by atoms with Crippen LogP contribution in [-0.2, 0) is 0 Å². The van der Waals surface area contributed by atoms with Crippen LogP contribution >= 0.6 is 0 Å². The van der Waals surface area contributed by atoms with Crippen molar-refractivity contribution in [2.75, 3.05) is 0 Å². The lowest BCUT2D eigenvalue weighted by Gasteiger charge is -1.98. The molecule has 1 aromatic carbocycles. The molecule has 0 amide bonds. The zero-order chi connectivity index (χ0) is 15.7. The Hall–Kier alpha value is -3.02. The number of hydrogen-bond acceptors (Lipinski definition) is 4. The number of pyridine rings is 1. The predicted molar refractivity (Wildman–Crippen MR) is 82.2 cm³/mol. The smallest absolute Gasteiger partial charge is 0.335 e. The summed E-state index contributed by atoms with van der Waals surface area (Å²) in [6.45, 7) is 3.89. The molecule has 0 unspecified atom stereocenters. The lowest BCUT2D eigenvalue weighted by molar-refractivity contribution is 0.0697. The lowest BCUT2D eigenvalue weighted by Crippen LogP contribution is -1.93. The molecule has 0 spiro atoms. The molecule has 6 heteroatoms. The van der Waals surface area contributed by atoms with Crippen LogP contribution in [0.15, 0.2) is 52.8 Å². The normalized spacial score (nSPS) is 11.4. The number of aromatic carboxylic acids is 1. The third-order valence-corrected chi connectivity index (χ3v) is 3.30. The van der Waals surface area contributed by atoms with Gasteiger partial charge in [0.25, 0.3) is 0 Å². The van der Waals surface area contributed by atoms with Crippen molar-refractivity contribution in [2.24, 2.45) is 10.2 Å². The number of carboxylic acids is 1.